The lowest BCUT2D eigenvalue weighted by atomic mass is 10.1. The van der Waals surface area contributed by atoms with E-state index in [0.717, 1.165) is 89.5 Å². The minimum atomic E-state index is -1.19. The number of anilines is 2. The van der Waals surface area contributed by atoms with E-state index >= 15 is 0 Å². The largest absolute Gasteiger partial charge is 0.480 e. The fourth-order valence-electron chi connectivity index (χ4n) is 9.65. The number of carbonyl (C=O) groups excluding carboxylic acids is 1. The number of nitrogens with zero attached hydrogens (tertiary/aromatic N) is 13. The maximum Gasteiger partial charge on any atom is 0.329 e. The molecule has 0 radical (unpaired) electrons. The molecule has 26 heteroatoms. The van der Waals surface area contributed by atoms with E-state index in [1.807, 2.05) is 98.4 Å². The van der Waals surface area contributed by atoms with Crippen LogP contribution in [0.3, 0.4) is 0 Å². The molecule has 6 aromatic carbocycles. The zero-order chi connectivity index (χ0) is 66.0. The van der Waals surface area contributed by atoms with E-state index in [0.29, 0.717) is 40.0 Å². The van der Waals surface area contributed by atoms with Crippen LogP contribution in [0, 0.1) is 30.3 Å². The van der Waals surface area contributed by atoms with Gasteiger partial charge in [0.2, 0.25) is 0 Å². The van der Waals surface area contributed by atoms with Gasteiger partial charge in [0.25, 0.3) is 11.4 Å². The third kappa shape index (κ3) is 15.7. The molecule has 0 saturated heterocycles. The Hall–Kier alpha value is -12.4. The van der Waals surface area contributed by atoms with Gasteiger partial charge < -0.3 is 35.9 Å². The highest BCUT2D eigenvalue weighted by atomic mass is 16.6. The van der Waals surface area contributed by atoms with Crippen molar-refractivity contribution in [2.75, 3.05) is 18.1 Å². The number of aliphatic hydroxyl groups excluding tert-OH is 2. The first-order chi connectivity index (χ1) is 44.4. The van der Waals surface area contributed by atoms with E-state index in [4.69, 9.17) is 26.5 Å². The summed E-state index contributed by atoms with van der Waals surface area (Å²) in [6, 6.07) is 46.3. The van der Waals surface area contributed by atoms with Gasteiger partial charge >= 0.3 is 11.7 Å². The zero-order valence-corrected chi connectivity index (χ0v) is 49.9. The number of nitro groups is 3. The zero-order valence-electron chi connectivity index (χ0n) is 49.9. The number of nitrogens with two attached hydrogens (primary N) is 2. The molecule has 0 unspecified atom stereocenters. The van der Waals surface area contributed by atoms with Crippen molar-refractivity contribution in [3.8, 4) is 0 Å². The number of hydrogen-bond donors (Lipinski definition) is 5. The minimum absolute atomic E-state index is 0. The number of aliphatic carboxylic acids is 1. The first-order valence-corrected chi connectivity index (χ1v) is 28.1. The highest BCUT2D eigenvalue weighted by Gasteiger charge is 2.19. The number of carboxylic acids is 1. The number of imidazole rings is 2. The maximum absolute atomic E-state index is 11.0. The van der Waals surface area contributed by atoms with Crippen molar-refractivity contribution in [1.29, 1.82) is 0 Å². The number of aliphatic hydroxyl groups is 2. The van der Waals surface area contributed by atoms with Gasteiger partial charge in [0.15, 0.2) is 12.1 Å². The van der Waals surface area contributed by atoms with Gasteiger partial charge in [-0.15, -0.1) is 0 Å². The van der Waals surface area contributed by atoms with Gasteiger partial charge in [-0.1, -0.05) is 112 Å². The van der Waals surface area contributed by atoms with E-state index in [1.54, 1.807) is 90.1 Å². The van der Waals surface area contributed by atoms with Crippen molar-refractivity contribution in [1.82, 2.24) is 49.0 Å². The van der Waals surface area contributed by atoms with E-state index in [9.17, 15) is 40.2 Å². The lowest BCUT2D eigenvalue weighted by Crippen LogP contribution is -1.98. The molecule has 8 aromatic heterocycles. The molecule has 8 heterocycles. The number of nitro benzene ring substituents is 3. The number of nitrogen functional groups attached to an aromatic ring is 2. The third-order valence-electron chi connectivity index (χ3n) is 14.2. The second-order valence-corrected chi connectivity index (χ2v) is 19.7. The lowest BCUT2D eigenvalue weighted by molar-refractivity contribution is -0.383. The number of non-ortho nitro benzene ring substituents is 1. The Morgan fingerprint density at radius 3 is 1.33 bits per heavy atom. The summed E-state index contributed by atoms with van der Waals surface area (Å²) >= 11 is 0. The summed E-state index contributed by atoms with van der Waals surface area (Å²) in [5.74, 6) is -0.105. The van der Waals surface area contributed by atoms with Crippen LogP contribution in [0.25, 0.3) is 87.5 Å². The quantitative estimate of drug-likeness (QED) is 0.0408. The third-order valence-corrected chi connectivity index (χ3v) is 14.2. The first-order valence-electron chi connectivity index (χ1n) is 28.1. The number of hydrogen-bond acceptors (Lipinski definition) is 20. The number of benzene rings is 6. The Kier molecular flexibility index (Phi) is 23.2. The van der Waals surface area contributed by atoms with Crippen molar-refractivity contribution < 1.29 is 39.7 Å². The molecule has 0 amide bonds. The van der Waals surface area contributed by atoms with Crippen LogP contribution in [0.4, 0.5) is 28.4 Å². The molecule has 0 aliphatic heterocycles. The molecule has 472 valence electrons. The lowest BCUT2D eigenvalue weighted by Gasteiger charge is -2.05. The second-order valence-electron chi connectivity index (χ2n) is 19.7. The van der Waals surface area contributed by atoms with Crippen molar-refractivity contribution in [3.05, 3.63) is 242 Å². The Morgan fingerprint density at radius 2 is 0.871 bits per heavy atom. The van der Waals surface area contributed by atoms with Crippen molar-refractivity contribution in [2.24, 2.45) is 14.1 Å². The number of aryl methyl sites for hydroxylation is 4. The molecule has 0 spiro atoms. The number of fused-ring (bicyclic) bond motifs is 10. The molecule has 7 N–H and O–H groups in total. The molecule has 14 rings (SSSR count). The summed E-state index contributed by atoms with van der Waals surface area (Å²) in [7, 11) is 3.73. The average molecular weight is 1250 g/mol. The fourth-order valence-corrected chi connectivity index (χ4v) is 9.65. The van der Waals surface area contributed by atoms with Gasteiger partial charge in [-0.3, -0.25) is 50.1 Å². The van der Waals surface area contributed by atoms with Gasteiger partial charge in [-0.25, -0.2) is 29.7 Å². The Labute approximate surface area is 529 Å². The molecule has 0 fully saturated rings. The second kappa shape index (κ2) is 31.7. The Balaban J connectivity index is 0.000000156. The van der Waals surface area contributed by atoms with Crippen molar-refractivity contribution >= 4 is 128 Å². The van der Waals surface area contributed by atoms with E-state index < -0.39 is 22.4 Å². The van der Waals surface area contributed by atoms with Gasteiger partial charge in [-0.2, -0.15) is 0 Å². The van der Waals surface area contributed by atoms with E-state index in [2.05, 4.69) is 58.9 Å². The number of carboxylic acid groups (broad SMARTS) is 1. The topological polar surface area (TPSA) is 389 Å². The summed E-state index contributed by atoms with van der Waals surface area (Å²) in [6.07, 6.45) is 12.3. The monoisotopic (exact) mass is 1250 g/mol. The summed E-state index contributed by atoms with van der Waals surface area (Å²) in [5, 5.41) is 62.0. The summed E-state index contributed by atoms with van der Waals surface area (Å²) in [5.41, 5.74) is 21.8. The van der Waals surface area contributed by atoms with Crippen molar-refractivity contribution in [3.63, 3.8) is 0 Å². The average Bonchev–Trinajstić information content (AvgIpc) is 1.68. The molecule has 0 bridgehead atoms. The normalized spacial score (nSPS) is 10.4. The molecule has 0 aliphatic carbocycles. The number of carbonyl (C=O) groups is 2. The number of rotatable bonds is 8. The maximum atomic E-state index is 11.0. The molecular formula is C67H63N15O11. The summed E-state index contributed by atoms with van der Waals surface area (Å²) in [6.45, 7) is 3.16. The number of aldehydes is 1. The van der Waals surface area contributed by atoms with Crippen LogP contribution in [0.15, 0.2) is 189 Å². The van der Waals surface area contributed by atoms with Crippen LogP contribution in [0.1, 0.15) is 48.8 Å². The van der Waals surface area contributed by atoms with Crippen LogP contribution in [-0.4, -0.2) is 98.0 Å². The van der Waals surface area contributed by atoms with Gasteiger partial charge in [0, 0.05) is 95.2 Å². The minimum Gasteiger partial charge on any atom is -0.480 e. The molecular weight excluding hydrogens is 1190 g/mol. The Morgan fingerprint density at radius 1 is 0.484 bits per heavy atom. The summed E-state index contributed by atoms with van der Waals surface area (Å²) < 4.78 is 3.67. The van der Waals surface area contributed by atoms with Crippen molar-refractivity contribution in [2.45, 2.75) is 40.7 Å². The fraction of sp³-hybridized carbons (Fsp3) is 0.134. The Bertz CT molecular complexity index is 5020. The summed E-state index contributed by atoms with van der Waals surface area (Å²) in [4.78, 5) is 84.5. The van der Waals surface area contributed by atoms with Gasteiger partial charge in [0.1, 0.15) is 52.3 Å². The van der Waals surface area contributed by atoms with Crippen LogP contribution >= 0.6 is 0 Å². The van der Waals surface area contributed by atoms with Gasteiger partial charge in [-0.05, 0) is 73.0 Å². The predicted octanol–water partition coefficient (Wildman–Crippen LogP) is 12.2. The SMILES string of the molecule is C.CCc1ccc2cccnc2c1N.CCc1ccc2cccnc2c1[N+](=O)[O-].Cn1c(C=O)nc2c3ncccc3ccc21.Cn1c(CO)nc2c3ncccc3ccc21.Nc1ccc2cccnc2c1[N+](=O)[O-].O=C(O)CO.O=[N+]([O-])c1cccc2cccnc12. The number of aromatic nitrogens is 10. The highest BCUT2D eigenvalue weighted by molar-refractivity contribution is 6.03. The number of pyridine rings is 6. The van der Waals surface area contributed by atoms with Gasteiger partial charge in [0.05, 0.1) is 48.0 Å². The molecule has 14 aromatic rings. The highest BCUT2D eigenvalue weighted by Crippen LogP contribution is 2.31. The van der Waals surface area contributed by atoms with Crippen LogP contribution in [-0.2, 0) is 38.3 Å². The van der Waals surface area contributed by atoms with E-state index in [1.165, 1.54) is 23.9 Å². The van der Waals surface area contributed by atoms with E-state index in [-0.39, 0.29) is 41.7 Å². The molecule has 93 heavy (non-hydrogen) atoms. The van der Waals surface area contributed by atoms with Crippen LogP contribution < -0.4 is 11.5 Å². The van der Waals surface area contributed by atoms with Crippen LogP contribution in [0.2, 0.25) is 0 Å². The standard InChI is InChI=1S/C12H11N3O.C12H9N3O.C11H10N2O2.C11H12N2.C9H7N3O2.C9H6N2O2.C2H4O3.CH4/c2*1-15-9-5-4-8-3-2-6-13-11(8)12(9)14-10(15)7-16;1-2-8-5-6-9-4-3-7-12-10(9)11(8)13(14)15;1-2-8-5-6-9-4-3-7-13-11(9)10(8)12;10-7-4-3-6-2-1-5-11-8(6)9(7)12(13)14;12-11(13)8-5-1-3-7-4-2-6-10-9(7)8;3-1-2(4)5;/h2-6,16H,7H2,1H3;2-7H,1H3;3-7H,2H2,1H3;3-7H,2,12H2,1H3;1-5H,10H2;1-6H;3H,1H2,(H,4,5);1H4. The molecule has 0 saturated carbocycles. The first kappa shape index (κ1) is 68.1. The predicted molar refractivity (Wildman–Crippen MR) is 359 cm³/mol. The number of para-hydroxylation sites is 1. The molecule has 0 atom stereocenters. The smallest absolute Gasteiger partial charge is 0.329 e. The molecule has 26 nitrogen and oxygen atoms in total. The molecule has 0 aliphatic rings. The van der Waals surface area contributed by atoms with Crippen LogP contribution in [0.5, 0.6) is 0 Å².